The molecule has 2 N–H and O–H groups in total. The van der Waals surface area contributed by atoms with E-state index in [9.17, 15) is 9.90 Å². The van der Waals surface area contributed by atoms with Gasteiger partial charge in [0.15, 0.2) is 0 Å². The Bertz CT molecular complexity index is 873. The second-order valence-electron chi connectivity index (χ2n) is 6.30. The molecule has 3 rings (SSSR count). The van der Waals surface area contributed by atoms with E-state index >= 15 is 0 Å². The van der Waals surface area contributed by atoms with Crippen molar-refractivity contribution in [1.29, 1.82) is 0 Å². The number of amides is 1. The first-order valence-electron chi connectivity index (χ1n) is 8.66. The molecule has 0 bridgehead atoms. The van der Waals surface area contributed by atoms with Crippen LogP contribution < -0.4 is 5.32 Å². The van der Waals surface area contributed by atoms with Crippen molar-refractivity contribution in [1.82, 2.24) is 15.1 Å². The van der Waals surface area contributed by atoms with Crippen molar-refractivity contribution in [3.05, 3.63) is 83.2 Å². The average Bonchev–Trinajstić information content (AvgIpc) is 2.95. The number of para-hydroxylation sites is 1. The molecule has 0 saturated heterocycles. The Morgan fingerprint density at radius 3 is 2.35 bits per heavy atom. The van der Waals surface area contributed by atoms with E-state index in [4.69, 9.17) is 0 Å². The van der Waals surface area contributed by atoms with Gasteiger partial charge in [-0.1, -0.05) is 48.5 Å². The van der Waals surface area contributed by atoms with Crippen LogP contribution in [0.1, 0.15) is 35.0 Å². The fourth-order valence-corrected chi connectivity index (χ4v) is 2.98. The third kappa shape index (κ3) is 4.00. The van der Waals surface area contributed by atoms with Crippen molar-refractivity contribution in [2.45, 2.75) is 32.9 Å². The van der Waals surface area contributed by atoms with Gasteiger partial charge in [-0.05, 0) is 31.5 Å². The van der Waals surface area contributed by atoms with Gasteiger partial charge in [-0.15, -0.1) is 0 Å². The normalized spacial score (nSPS) is 12.0. The predicted molar refractivity (Wildman–Crippen MR) is 101 cm³/mol. The van der Waals surface area contributed by atoms with Crippen LogP contribution in [-0.4, -0.2) is 20.8 Å². The zero-order chi connectivity index (χ0) is 18.5. The molecule has 134 valence electrons. The van der Waals surface area contributed by atoms with E-state index in [-0.39, 0.29) is 12.3 Å². The number of aliphatic hydroxyl groups excluding tert-OH is 1. The molecule has 0 aliphatic rings. The van der Waals surface area contributed by atoms with Gasteiger partial charge in [0.2, 0.25) is 5.91 Å². The number of hydrogen-bond donors (Lipinski definition) is 2. The average molecular weight is 349 g/mol. The highest BCUT2D eigenvalue weighted by atomic mass is 16.3. The molecular weight excluding hydrogens is 326 g/mol. The minimum absolute atomic E-state index is 0.0366. The summed E-state index contributed by atoms with van der Waals surface area (Å²) >= 11 is 0. The number of benzene rings is 2. The number of nitrogens with one attached hydrogen (secondary N) is 1. The lowest BCUT2D eigenvalue weighted by Crippen LogP contribution is -2.25. The first-order valence-corrected chi connectivity index (χ1v) is 8.66. The van der Waals surface area contributed by atoms with Crippen LogP contribution >= 0.6 is 0 Å². The molecule has 0 fully saturated rings. The van der Waals surface area contributed by atoms with Crippen LogP contribution in [-0.2, 0) is 11.3 Å². The number of hydrogen-bond acceptors (Lipinski definition) is 3. The lowest BCUT2D eigenvalue weighted by atomic mass is 10.1. The largest absolute Gasteiger partial charge is 0.388 e. The quantitative estimate of drug-likeness (QED) is 0.718. The fourth-order valence-electron chi connectivity index (χ4n) is 2.98. The highest BCUT2D eigenvalue weighted by Gasteiger charge is 2.16. The molecule has 1 unspecified atom stereocenters. The standard InChI is InChI=1S/C21H23N3O2/c1-15-19(16(2)24(23-15)18-11-7-4-8-12-18)14-22-21(26)13-20(25)17-9-5-3-6-10-17/h3-12,20,25H,13-14H2,1-2H3,(H,22,26). The van der Waals surface area contributed by atoms with E-state index < -0.39 is 6.10 Å². The lowest BCUT2D eigenvalue weighted by molar-refractivity contribution is -0.123. The molecule has 1 atom stereocenters. The Kier molecular flexibility index (Phi) is 5.49. The SMILES string of the molecule is Cc1nn(-c2ccccc2)c(C)c1CNC(=O)CC(O)c1ccccc1. The van der Waals surface area contributed by atoms with Crippen LogP contribution in [0.3, 0.4) is 0 Å². The van der Waals surface area contributed by atoms with Crippen molar-refractivity contribution < 1.29 is 9.90 Å². The van der Waals surface area contributed by atoms with Crippen molar-refractivity contribution in [2.24, 2.45) is 0 Å². The predicted octanol–water partition coefficient (Wildman–Crippen LogP) is 3.23. The lowest BCUT2D eigenvalue weighted by Gasteiger charge is -2.11. The van der Waals surface area contributed by atoms with Crippen LogP contribution in [0.2, 0.25) is 0 Å². The minimum atomic E-state index is -0.801. The van der Waals surface area contributed by atoms with E-state index in [1.165, 1.54) is 0 Å². The van der Waals surface area contributed by atoms with Crippen LogP contribution in [0, 0.1) is 13.8 Å². The molecule has 0 radical (unpaired) electrons. The molecule has 1 amide bonds. The van der Waals surface area contributed by atoms with E-state index in [0.29, 0.717) is 6.54 Å². The van der Waals surface area contributed by atoms with E-state index in [1.54, 1.807) is 0 Å². The Hall–Kier alpha value is -2.92. The summed E-state index contributed by atoms with van der Waals surface area (Å²) in [6.45, 7) is 4.32. The van der Waals surface area contributed by atoms with E-state index in [1.807, 2.05) is 79.2 Å². The Labute approximate surface area is 153 Å². The van der Waals surface area contributed by atoms with Gasteiger partial charge in [0.25, 0.3) is 0 Å². The molecule has 0 spiro atoms. The third-order valence-corrected chi connectivity index (χ3v) is 4.47. The summed E-state index contributed by atoms with van der Waals surface area (Å²) in [5, 5.41) is 17.6. The maximum atomic E-state index is 12.2. The molecule has 0 aliphatic carbocycles. The van der Waals surface area contributed by atoms with Gasteiger partial charge in [-0.3, -0.25) is 4.79 Å². The first kappa shape index (κ1) is 17.9. The second kappa shape index (κ2) is 7.97. The number of rotatable bonds is 6. The number of carbonyl (C=O) groups is 1. The zero-order valence-electron chi connectivity index (χ0n) is 15.0. The molecule has 5 nitrogen and oxygen atoms in total. The zero-order valence-corrected chi connectivity index (χ0v) is 15.0. The summed E-state index contributed by atoms with van der Waals surface area (Å²) < 4.78 is 1.88. The Morgan fingerprint density at radius 2 is 1.69 bits per heavy atom. The number of aliphatic hydroxyl groups is 1. The topological polar surface area (TPSA) is 67.2 Å². The smallest absolute Gasteiger partial charge is 0.223 e. The molecule has 1 aromatic heterocycles. The summed E-state index contributed by atoms with van der Waals surface area (Å²) in [7, 11) is 0. The van der Waals surface area contributed by atoms with Gasteiger partial charge >= 0.3 is 0 Å². The van der Waals surface area contributed by atoms with Gasteiger partial charge < -0.3 is 10.4 Å². The van der Waals surface area contributed by atoms with Gasteiger partial charge in [0.1, 0.15) is 0 Å². The Morgan fingerprint density at radius 1 is 1.08 bits per heavy atom. The summed E-state index contributed by atoms with van der Waals surface area (Å²) in [5.74, 6) is -0.187. The summed E-state index contributed by atoms with van der Waals surface area (Å²) in [4.78, 5) is 12.2. The first-order chi connectivity index (χ1) is 12.6. The third-order valence-electron chi connectivity index (χ3n) is 4.47. The van der Waals surface area contributed by atoms with Gasteiger partial charge in [-0.2, -0.15) is 5.10 Å². The van der Waals surface area contributed by atoms with Crippen LogP contribution in [0.25, 0.3) is 5.69 Å². The molecule has 0 aliphatic heterocycles. The summed E-state index contributed by atoms with van der Waals surface area (Å²) in [6, 6.07) is 19.1. The van der Waals surface area contributed by atoms with Gasteiger partial charge in [-0.25, -0.2) is 4.68 Å². The molecule has 2 aromatic carbocycles. The van der Waals surface area contributed by atoms with Crippen LogP contribution in [0.5, 0.6) is 0 Å². The number of aromatic nitrogens is 2. The highest BCUT2D eigenvalue weighted by molar-refractivity contribution is 5.76. The van der Waals surface area contributed by atoms with Gasteiger partial charge in [0.05, 0.1) is 23.9 Å². The van der Waals surface area contributed by atoms with Crippen molar-refractivity contribution in [2.75, 3.05) is 0 Å². The molecule has 3 aromatic rings. The number of nitrogens with zero attached hydrogens (tertiary/aromatic N) is 2. The maximum Gasteiger partial charge on any atom is 0.223 e. The van der Waals surface area contributed by atoms with E-state index in [2.05, 4.69) is 10.4 Å². The monoisotopic (exact) mass is 349 g/mol. The molecular formula is C21H23N3O2. The Balaban J connectivity index is 1.65. The van der Waals surface area contributed by atoms with Crippen LogP contribution in [0.15, 0.2) is 60.7 Å². The fraction of sp³-hybridized carbons (Fsp3) is 0.238. The molecule has 26 heavy (non-hydrogen) atoms. The van der Waals surface area contributed by atoms with Crippen molar-refractivity contribution in [3.63, 3.8) is 0 Å². The highest BCUT2D eigenvalue weighted by Crippen LogP contribution is 2.19. The second-order valence-corrected chi connectivity index (χ2v) is 6.30. The number of aryl methyl sites for hydroxylation is 1. The molecule has 5 heteroatoms. The van der Waals surface area contributed by atoms with Crippen molar-refractivity contribution in [3.8, 4) is 5.69 Å². The van der Waals surface area contributed by atoms with Crippen LogP contribution in [0.4, 0.5) is 0 Å². The van der Waals surface area contributed by atoms with Gasteiger partial charge in [0, 0.05) is 17.8 Å². The summed E-state index contributed by atoms with van der Waals surface area (Å²) in [5.41, 5.74) is 4.61. The minimum Gasteiger partial charge on any atom is -0.388 e. The van der Waals surface area contributed by atoms with E-state index in [0.717, 1.165) is 28.2 Å². The summed E-state index contributed by atoms with van der Waals surface area (Å²) in [6.07, 6.45) is -0.764. The molecule has 0 saturated carbocycles. The maximum absolute atomic E-state index is 12.2. The number of carbonyl (C=O) groups excluding carboxylic acids is 1. The van der Waals surface area contributed by atoms with Crippen molar-refractivity contribution >= 4 is 5.91 Å². The molecule has 1 heterocycles.